The fourth-order valence-corrected chi connectivity index (χ4v) is 4.33. The molecule has 1 aromatic heterocycles. The van der Waals surface area contributed by atoms with Gasteiger partial charge in [0.05, 0.1) is 16.1 Å². The molecule has 5 rings (SSSR count). The predicted octanol–water partition coefficient (Wildman–Crippen LogP) is 6.46. The number of carbonyl (C=O) groups is 2. The van der Waals surface area contributed by atoms with Crippen molar-refractivity contribution in [2.75, 3.05) is 0 Å². The summed E-state index contributed by atoms with van der Waals surface area (Å²) in [5, 5.41) is 1.36. The molecule has 0 unspecified atom stereocenters. The SMILES string of the molecule is CCn1cc(/C=C2\Oc3cc(OC(=O)c4ccccc4Cl)cc(C)c3C2=O)c2ccccc21. The van der Waals surface area contributed by atoms with Crippen LogP contribution < -0.4 is 9.47 Å². The number of para-hydroxylation sites is 1. The topological polar surface area (TPSA) is 57.5 Å². The van der Waals surface area contributed by atoms with Gasteiger partial charge in [-0.2, -0.15) is 0 Å². The van der Waals surface area contributed by atoms with Crippen LogP contribution >= 0.6 is 11.6 Å². The minimum Gasteiger partial charge on any atom is -0.452 e. The van der Waals surface area contributed by atoms with Gasteiger partial charge in [-0.15, -0.1) is 0 Å². The third-order valence-electron chi connectivity index (χ3n) is 5.69. The number of allylic oxidation sites excluding steroid dienone is 1. The van der Waals surface area contributed by atoms with Crippen molar-refractivity contribution in [1.29, 1.82) is 0 Å². The maximum atomic E-state index is 13.1. The van der Waals surface area contributed by atoms with Gasteiger partial charge in [0.2, 0.25) is 5.78 Å². The van der Waals surface area contributed by atoms with Crippen LogP contribution in [0.1, 0.15) is 38.8 Å². The van der Waals surface area contributed by atoms with E-state index in [1.165, 1.54) is 0 Å². The lowest BCUT2D eigenvalue weighted by atomic mass is 10.0. The second-order valence-electron chi connectivity index (χ2n) is 7.81. The van der Waals surface area contributed by atoms with Crippen LogP contribution in [0, 0.1) is 6.92 Å². The number of ether oxygens (including phenoxy) is 2. The summed E-state index contributed by atoms with van der Waals surface area (Å²) in [6.07, 6.45) is 3.78. The molecule has 4 aromatic rings. The van der Waals surface area contributed by atoms with Gasteiger partial charge in [-0.05, 0) is 49.8 Å². The number of hydrogen-bond acceptors (Lipinski definition) is 4. The van der Waals surface area contributed by atoms with Gasteiger partial charge < -0.3 is 14.0 Å². The number of halogens is 1. The zero-order valence-electron chi connectivity index (χ0n) is 18.1. The fourth-order valence-electron chi connectivity index (χ4n) is 4.12. The molecule has 0 bridgehead atoms. The third-order valence-corrected chi connectivity index (χ3v) is 6.02. The molecule has 0 aliphatic carbocycles. The number of carbonyl (C=O) groups excluding carboxylic acids is 2. The number of rotatable bonds is 4. The van der Waals surface area contributed by atoms with Crippen LogP contribution in [0.25, 0.3) is 17.0 Å². The van der Waals surface area contributed by atoms with E-state index in [0.29, 0.717) is 21.9 Å². The zero-order valence-corrected chi connectivity index (χ0v) is 18.8. The maximum Gasteiger partial charge on any atom is 0.345 e. The minimum atomic E-state index is -0.576. The van der Waals surface area contributed by atoms with E-state index in [9.17, 15) is 9.59 Å². The van der Waals surface area contributed by atoms with Crippen LogP contribution in [0.5, 0.6) is 11.5 Å². The minimum absolute atomic E-state index is 0.195. The normalized spacial score (nSPS) is 13.9. The average Bonchev–Trinajstić information content (AvgIpc) is 3.31. The summed E-state index contributed by atoms with van der Waals surface area (Å²) >= 11 is 6.10. The first-order chi connectivity index (χ1) is 16.0. The molecule has 0 atom stereocenters. The monoisotopic (exact) mass is 457 g/mol. The Bertz CT molecular complexity index is 1460. The van der Waals surface area contributed by atoms with Gasteiger partial charge in [0.25, 0.3) is 0 Å². The first kappa shape index (κ1) is 21.0. The first-order valence-electron chi connectivity index (χ1n) is 10.6. The molecule has 5 nitrogen and oxygen atoms in total. The predicted molar refractivity (Wildman–Crippen MR) is 128 cm³/mol. The van der Waals surface area contributed by atoms with Gasteiger partial charge in [-0.25, -0.2) is 4.79 Å². The third kappa shape index (κ3) is 3.70. The van der Waals surface area contributed by atoms with E-state index in [0.717, 1.165) is 23.0 Å². The number of hydrogen-bond donors (Lipinski definition) is 0. The fraction of sp³-hybridized carbons (Fsp3) is 0.111. The molecule has 0 saturated carbocycles. The van der Waals surface area contributed by atoms with Crippen molar-refractivity contribution >= 4 is 40.3 Å². The molecule has 0 fully saturated rings. The summed E-state index contributed by atoms with van der Waals surface area (Å²) < 4.78 is 13.6. The molecule has 1 aliphatic heterocycles. The van der Waals surface area contributed by atoms with E-state index in [-0.39, 0.29) is 22.9 Å². The lowest BCUT2D eigenvalue weighted by molar-refractivity contribution is 0.0734. The van der Waals surface area contributed by atoms with E-state index in [4.69, 9.17) is 21.1 Å². The van der Waals surface area contributed by atoms with Gasteiger partial charge in [0, 0.05) is 35.3 Å². The van der Waals surface area contributed by atoms with Crippen LogP contribution in [0.3, 0.4) is 0 Å². The Labute approximate surface area is 195 Å². The molecule has 33 heavy (non-hydrogen) atoms. The van der Waals surface area contributed by atoms with Crippen molar-refractivity contribution in [2.45, 2.75) is 20.4 Å². The lowest BCUT2D eigenvalue weighted by Gasteiger charge is -2.08. The molecule has 164 valence electrons. The van der Waals surface area contributed by atoms with Crippen LogP contribution in [-0.4, -0.2) is 16.3 Å². The summed E-state index contributed by atoms with van der Waals surface area (Å²) in [5.74, 6) is 0.120. The molecule has 0 spiro atoms. The van der Waals surface area contributed by atoms with Crippen LogP contribution in [0.2, 0.25) is 5.02 Å². The zero-order chi connectivity index (χ0) is 23.1. The average molecular weight is 458 g/mol. The molecule has 0 saturated heterocycles. The summed E-state index contributed by atoms with van der Waals surface area (Å²) in [7, 11) is 0. The number of benzene rings is 3. The molecule has 0 amide bonds. The number of esters is 1. The molecular formula is C27H20ClNO4. The molecular weight excluding hydrogens is 438 g/mol. The number of aryl methyl sites for hydroxylation is 2. The highest BCUT2D eigenvalue weighted by atomic mass is 35.5. The van der Waals surface area contributed by atoms with Crippen molar-refractivity contribution in [1.82, 2.24) is 4.57 Å². The Hall–Kier alpha value is -3.83. The Kier molecular flexibility index (Phi) is 5.27. The van der Waals surface area contributed by atoms with Gasteiger partial charge in [0.1, 0.15) is 11.5 Å². The van der Waals surface area contributed by atoms with Gasteiger partial charge in [-0.1, -0.05) is 41.9 Å². The van der Waals surface area contributed by atoms with Crippen LogP contribution in [0.15, 0.2) is 72.6 Å². The highest BCUT2D eigenvalue weighted by Gasteiger charge is 2.30. The quantitative estimate of drug-likeness (QED) is 0.200. The van der Waals surface area contributed by atoms with E-state index >= 15 is 0 Å². The van der Waals surface area contributed by atoms with E-state index < -0.39 is 5.97 Å². The Balaban J connectivity index is 1.47. The van der Waals surface area contributed by atoms with Gasteiger partial charge in [0.15, 0.2) is 5.76 Å². The molecule has 0 radical (unpaired) electrons. The smallest absolute Gasteiger partial charge is 0.345 e. The summed E-state index contributed by atoms with van der Waals surface area (Å²) in [4.78, 5) is 25.7. The molecule has 3 aromatic carbocycles. The maximum absolute atomic E-state index is 13.1. The Morgan fingerprint density at radius 1 is 1.12 bits per heavy atom. The number of ketones is 1. The number of nitrogens with zero attached hydrogens (tertiary/aromatic N) is 1. The number of aromatic nitrogens is 1. The Morgan fingerprint density at radius 3 is 2.67 bits per heavy atom. The summed E-state index contributed by atoms with van der Waals surface area (Å²) in [5.41, 5.74) is 3.41. The summed E-state index contributed by atoms with van der Waals surface area (Å²) in [6, 6.07) is 17.9. The Morgan fingerprint density at radius 2 is 1.88 bits per heavy atom. The van der Waals surface area contributed by atoms with E-state index in [2.05, 4.69) is 17.6 Å². The molecule has 6 heteroatoms. The van der Waals surface area contributed by atoms with Crippen molar-refractivity contribution < 1.29 is 19.1 Å². The molecule has 1 aliphatic rings. The number of fused-ring (bicyclic) bond motifs is 2. The van der Waals surface area contributed by atoms with Gasteiger partial charge >= 0.3 is 5.97 Å². The van der Waals surface area contributed by atoms with Crippen LogP contribution in [0.4, 0.5) is 0 Å². The van der Waals surface area contributed by atoms with E-state index in [1.807, 2.05) is 24.4 Å². The van der Waals surface area contributed by atoms with Crippen LogP contribution in [-0.2, 0) is 6.54 Å². The lowest BCUT2D eigenvalue weighted by Crippen LogP contribution is -2.09. The van der Waals surface area contributed by atoms with Gasteiger partial charge in [-0.3, -0.25) is 4.79 Å². The number of Topliss-reactive ketones (excluding diaryl/α,β-unsaturated/α-hetero) is 1. The van der Waals surface area contributed by atoms with Crippen molar-refractivity contribution in [3.05, 3.63) is 99.9 Å². The first-order valence-corrected chi connectivity index (χ1v) is 11.0. The highest BCUT2D eigenvalue weighted by molar-refractivity contribution is 6.33. The standard InChI is InChI=1S/C27H20ClNO4/c1-3-29-15-17(19-8-5-7-11-22(19)29)13-24-26(30)25-16(2)12-18(14-23(25)33-24)32-27(31)20-9-4-6-10-21(20)28/h4-15H,3H2,1-2H3/b24-13-. The van der Waals surface area contributed by atoms with Crippen molar-refractivity contribution in [3.8, 4) is 11.5 Å². The molecule has 0 N–H and O–H groups in total. The van der Waals surface area contributed by atoms with Crippen molar-refractivity contribution in [2.24, 2.45) is 0 Å². The van der Waals surface area contributed by atoms with Crippen molar-refractivity contribution in [3.63, 3.8) is 0 Å². The van der Waals surface area contributed by atoms with E-state index in [1.54, 1.807) is 49.4 Å². The second kappa shape index (κ2) is 8.26. The largest absolute Gasteiger partial charge is 0.452 e. The molecule has 2 heterocycles. The summed E-state index contributed by atoms with van der Waals surface area (Å²) in [6.45, 7) is 4.68. The second-order valence-corrected chi connectivity index (χ2v) is 8.22. The highest BCUT2D eigenvalue weighted by Crippen LogP contribution is 2.38.